The molecule has 0 saturated heterocycles. The summed E-state index contributed by atoms with van der Waals surface area (Å²) in [5.41, 5.74) is 1.56. The molecule has 1 atom stereocenters. The lowest BCUT2D eigenvalue weighted by atomic mass is 9.92. The minimum atomic E-state index is -0.00658. The number of Topliss-reactive ketones (excluding diaryl/α,β-unsaturated/α-hetero) is 1. The molecule has 4 nitrogen and oxygen atoms in total. The van der Waals surface area contributed by atoms with Crippen LogP contribution < -0.4 is 0 Å². The van der Waals surface area contributed by atoms with Crippen molar-refractivity contribution in [3.05, 3.63) is 23.2 Å². The van der Waals surface area contributed by atoms with Crippen molar-refractivity contribution in [1.29, 1.82) is 0 Å². The largest absolute Gasteiger partial charge is 0.320 e. The molecule has 1 aliphatic carbocycles. The van der Waals surface area contributed by atoms with Crippen LogP contribution in [0.2, 0.25) is 5.28 Å². The first-order valence-corrected chi connectivity index (χ1v) is 8.44. The van der Waals surface area contributed by atoms with Crippen molar-refractivity contribution in [3.8, 4) is 0 Å². The molecule has 2 aromatic rings. The topological polar surface area (TPSA) is 47.8 Å². The highest BCUT2D eigenvalue weighted by Crippen LogP contribution is 2.35. The lowest BCUT2D eigenvalue weighted by Gasteiger charge is -2.20. The van der Waals surface area contributed by atoms with E-state index in [9.17, 15) is 4.79 Å². The summed E-state index contributed by atoms with van der Waals surface area (Å²) in [6.45, 7) is 6.17. The van der Waals surface area contributed by atoms with Crippen LogP contribution in [0.15, 0.2) is 12.3 Å². The maximum atomic E-state index is 12.9. The van der Waals surface area contributed by atoms with E-state index in [1.807, 2.05) is 13.0 Å². The fraction of sp³-hybridized carbons (Fsp3) is 0.588. The molecule has 0 spiro atoms. The van der Waals surface area contributed by atoms with Crippen molar-refractivity contribution in [2.24, 2.45) is 11.8 Å². The molecule has 5 heteroatoms. The molecule has 22 heavy (non-hydrogen) atoms. The maximum absolute atomic E-state index is 12.9. The Balaban J connectivity index is 2.16. The van der Waals surface area contributed by atoms with Gasteiger partial charge >= 0.3 is 0 Å². The van der Waals surface area contributed by atoms with Gasteiger partial charge in [-0.25, -0.2) is 4.98 Å². The summed E-state index contributed by atoms with van der Waals surface area (Å²) in [5, 5.41) is 1.14. The van der Waals surface area contributed by atoms with Crippen LogP contribution in [0.25, 0.3) is 11.0 Å². The van der Waals surface area contributed by atoms with E-state index >= 15 is 0 Å². The fourth-order valence-corrected chi connectivity index (χ4v) is 3.37. The van der Waals surface area contributed by atoms with Gasteiger partial charge in [0, 0.05) is 23.5 Å². The molecule has 0 aliphatic heterocycles. The summed E-state index contributed by atoms with van der Waals surface area (Å²) >= 11 is 5.98. The number of rotatable bonds is 4. The van der Waals surface area contributed by atoms with Gasteiger partial charge in [-0.2, -0.15) is 4.98 Å². The van der Waals surface area contributed by atoms with E-state index in [1.165, 1.54) is 12.8 Å². The standard InChI is InChI=1S/C17H22ClN3O/c1-10(2)11(3)15(22)14-8-12-9-19-17(18)20-16(12)21(14)13-6-4-5-7-13/h8-11,13H,4-7H2,1-3H3. The van der Waals surface area contributed by atoms with E-state index in [0.29, 0.717) is 12.0 Å². The molecule has 0 aromatic carbocycles. The van der Waals surface area contributed by atoms with Crippen molar-refractivity contribution in [2.45, 2.75) is 52.5 Å². The molecule has 0 bridgehead atoms. The Bertz CT molecular complexity index is 701. The number of carbonyl (C=O) groups excluding carboxylic acids is 1. The van der Waals surface area contributed by atoms with Gasteiger partial charge in [-0.1, -0.05) is 33.6 Å². The minimum absolute atomic E-state index is 0.00658. The smallest absolute Gasteiger partial charge is 0.224 e. The second kappa shape index (κ2) is 5.99. The van der Waals surface area contributed by atoms with E-state index in [0.717, 1.165) is 29.6 Å². The number of aromatic nitrogens is 3. The van der Waals surface area contributed by atoms with Gasteiger partial charge in [-0.15, -0.1) is 0 Å². The van der Waals surface area contributed by atoms with Gasteiger partial charge in [0.25, 0.3) is 0 Å². The average Bonchev–Trinajstić information content (AvgIpc) is 3.11. The molecule has 2 heterocycles. The molecular formula is C17H22ClN3O. The van der Waals surface area contributed by atoms with E-state index < -0.39 is 0 Å². The lowest BCUT2D eigenvalue weighted by Crippen LogP contribution is -2.22. The van der Waals surface area contributed by atoms with Crippen LogP contribution in [0.4, 0.5) is 0 Å². The second-order valence-corrected chi connectivity index (χ2v) is 6.99. The van der Waals surface area contributed by atoms with Crippen LogP contribution in [-0.4, -0.2) is 20.3 Å². The van der Waals surface area contributed by atoms with E-state index in [1.54, 1.807) is 6.20 Å². The normalized spacial score (nSPS) is 17.5. The van der Waals surface area contributed by atoms with E-state index in [2.05, 4.69) is 28.4 Å². The third-order valence-electron chi connectivity index (χ3n) is 4.90. The first-order valence-electron chi connectivity index (χ1n) is 8.06. The van der Waals surface area contributed by atoms with Crippen LogP contribution in [0.5, 0.6) is 0 Å². The molecule has 0 N–H and O–H groups in total. The predicted octanol–water partition coefficient (Wildman–Crippen LogP) is 4.67. The third-order valence-corrected chi connectivity index (χ3v) is 5.08. The first-order chi connectivity index (χ1) is 10.5. The summed E-state index contributed by atoms with van der Waals surface area (Å²) in [5.74, 6) is 0.501. The third kappa shape index (κ3) is 2.65. The van der Waals surface area contributed by atoms with Gasteiger partial charge in [0.05, 0.1) is 5.69 Å². The van der Waals surface area contributed by atoms with Gasteiger partial charge in [0.15, 0.2) is 5.78 Å². The molecule has 0 amide bonds. The van der Waals surface area contributed by atoms with Crippen molar-refractivity contribution in [1.82, 2.24) is 14.5 Å². The van der Waals surface area contributed by atoms with Gasteiger partial charge in [-0.3, -0.25) is 4.79 Å². The maximum Gasteiger partial charge on any atom is 0.224 e. The Morgan fingerprint density at radius 3 is 2.64 bits per heavy atom. The number of nitrogens with zero attached hydrogens (tertiary/aromatic N) is 3. The summed E-state index contributed by atoms with van der Waals surface area (Å²) in [4.78, 5) is 21.4. The summed E-state index contributed by atoms with van der Waals surface area (Å²) in [6, 6.07) is 2.28. The molecule has 1 saturated carbocycles. The monoisotopic (exact) mass is 319 g/mol. The molecule has 3 rings (SSSR count). The zero-order chi connectivity index (χ0) is 15.9. The van der Waals surface area contributed by atoms with Crippen molar-refractivity contribution in [3.63, 3.8) is 0 Å². The molecule has 1 fully saturated rings. The first kappa shape index (κ1) is 15.5. The number of fused-ring (bicyclic) bond motifs is 1. The van der Waals surface area contributed by atoms with Gasteiger partial charge in [0.1, 0.15) is 5.65 Å². The fourth-order valence-electron chi connectivity index (χ4n) is 3.25. The quantitative estimate of drug-likeness (QED) is 0.607. The van der Waals surface area contributed by atoms with Crippen LogP contribution in [-0.2, 0) is 0 Å². The number of ketones is 1. The zero-order valence-electron chi connectivity index (χ0n) is 13.3. The average molecular weight is 320 g/mol. The summed E-state index contributed by atoms with van der Waals surface area (Å²) < 4.78 is 2.12. The van der Waals surface area contributed by atoms with Gasteiger partial charge < -0.3 is 4.57 Å². The highest BCUT2D eigenvalue weighted by atomic mass is 35.5. The van der Waals surface area contributed by atoms with Crippen molar-refractivity contribution >= 4 is 28.4 Å². The van der Waals surface area contributed by atoms with Crippen LogP contribution in [0, 0.1) is 11.8 Å². The zero-order valence-corrected chi connectivity index (χ0v) is 14.1. The molecule has 118 valence electrons. The highest BCUT2D eigenvalue weighted by molar-refractivity contribution is 6.28. The Hall–Kier alpha value is -1.42. The van der Waals surface area contributed by atoms with Crippen LogP contribution >= 0.6 is 11.6 Å². The number of halogens is 1. The number of hydrogen-bond acceptors (Lipinski definition) is 3. The van der Waals surface area contributed by atoms with Crippen molar-refractivity contribution in [2.75, 3.05) is 0 Å². The van der Waals surface area contributed by atoms with Crippen molar-refractivity contribution < 1.29 is 4.79 Å². The van der Waals surface area contributed by atoms with E-state index in [4.69, 9.17) is 11.6 Å². The SMILES string of the molecule is CC(C)C(C)C(=O)c1cc2cnc(Cl)nc2n1C1CCCC1. The molecule has 1 unspecified atom stereocenters. The van der Waals surface area contributed by atoms with Crippen LogP contribution in [0.1, 0.15) is 63.0 Å². The Labute approximate surface area is 135 Å². The lowest BCUT2D eigenvalue weighted by molar-refractivity contribution is 0.0888. The minimum Gasteiger partial charge on any atom is -0.320 e. The Morgan fingerprint density at radius 1 is 1.32 bits per heavy atom. The molecule has 0 radical (unpaired) electrons. The Kier molecular flexibility index (Phi) is 4.22. The summed E-state index contributed by atoms with van der Waals surface area (Å²) in [6.07, 6.45) is 6.32. The number of carbonyl (C=O) groups is 1. The van der Waals surface area contributed by atoms with Gasteiger partial charge in [0.2, 0.25) is 5.28 Å². The highest BCUT2D eigenvalue weighted by Gasteiger charge is 2.28. The Morgan fingerprint density at radius 2 is 2.00 bits per heavy atom. The molecular weight excluding hydrogens is 298 g/mol. The second-order valence-electron chi connectivity index (χ2n) is 6.65. The summed E-state index contributed by atoms with van der Waals surface area (Å²) in [7, 11) is 0. The molecule has 1 aliphatic rings. The number of hydrogen-bond donors (Lipinski definition) is 0. The van der Waals surface area contributed by atoms with Crippen LogP contribution in [0.3, 0.4) is 0 Å². The van der Waals surface area contributed by atoms with E-state index in [-0.39, 0.29) is 17.0 Å². The van der Waals surface area contributed by atoms with Gasteiger partial charge in [-0.05, 0) is 36.4 Å². The molecule has 2 aromatic heterocycles. The predicted molar refractivity (Wildman–Crippen MR) is 88.4 cm³/mol.